The number of hydrogen-bond donors (Lipinski definition) is 1. The zero-order valence-electron chi connectivity index (χ0n) is 14.4. The summed E-state index contributed by atoms with van der Waals surface area (Å²) in [4.78, 5) is 26.5. The molecule has 1 fully saturated rings. The molecule has 0 saturated carbocycles. The van der Waals surface area contributed by atoms with E-state index in [1.165, 1.54) is 0 Å². The van der Waals surface area contributed by atoms with Crippen LogP contribution in [0.25, 0.3) is 0 Å². The number of aromatic nitrogens is 2. The summed E-state index contributed by atoms with van der Waals surface area (Å²) in [6.07, 6.45) is 3.42. The second-order valence-electron chi connectivity index (χ2n) is 5.84. The normalized spacial score (nSPS) is 16.8. The molecule has 0 unspecified atom stereocenters. The number of benzene rings is 1. The summed E-state index contributed by atoms with van der Waals surface area (Å²) >= 11 is 0. The van der Waals surface area contributed by atoms with E-state index in [1.807, 2.05) is 0 Å². The molecule has 25 heavy (non-hydrogen) atoms. The van der Waals surface area contributed by atoms with Crippen LogP contribution in [0, 0.1) is 5.92 Å². The lowest BCUT2D eigenvalue weighted by molar-refractivity contribution is -0.122. The quantitative estimate of drug-likeness (QED) is 0.887. The molecule has 8 nitrogen and oxygen atoms in total. The molecule has 1 aromatic carbocycles. The van der Waals surface area contributed by atoms with Crippen molar-refractivity contribution in [1.29, 1.82) is 0 Å². The van der Waals surface area contributed by atoms with Gasteiger partial charge in [-0.15, -0.1) is 0 Å². The van der Waals surface area contributed by atoms with E-state index in [0.717, 1.165) is 0 Å². The Balaban J connectivity index is 1.77. The summed E-state index contributed by atoms with van der Waals surface area (Å²) in [7, 11) is 4.87. The van der Waals surface area contributed by atoms with Crippen molar-refractivity contribution in [1.82, 2.24) is 9.78 Å². The zero-order valence-corrected chi connectivity index (χ0v) is 14.4. The average molecular weight is 344 g/mol. The predicted octanol–water partition coefficient (Wildman–Crippen LogP) is 1.43. The number of ether oxygens (including phenoxy) is 2. The number of aryl methyl sites for hydroxylation is 1. The van der Waals surface area contributed by atoms with Gasteiger partial charge in [0, 0.05) is 32.3 Å². The van der Waals surface area contributed by atoms with E-state index in [9.17, 15) is 9.59 Å². The number of hydrogen-bond acceptors (Lipinski definition) is 5. The van der Waals surface area contributed by atoms with Crippen molar-refractivity contribution in [2.75, 3.05) is 31.0 Å². The minimum absolute atomic E-state index is 0.127. The number of nitrogens with zero attached hydrogens (tertiary/aromatic N) is 3. The molecule has 132 valence electrons. The van der Waals surface area contributed by atoms with E-state index in [1.54, 1.807) is 61.4 Å². The largest absolute Gasteiger partial charge is 0.497 e. The average Bonchev–Trinajstić information content (AvgIpc) is 3.19. The minimum atomic E-state index is -0.441. The van der Waals surface area contributed by atoms with Gasteiger partial charge in [-0.1, -0.05) is 0 Å². The minimum Gasteiger partial charge on any atom is -0.497 e. The molecule has 1 aliphatic rings. The lowest BCUT2D eigenvalue weighted by Crippen LogP contribution is -2.28. The molecule has 0 radical (unpaired) electrons. The number of amides is 2. The maximum atomic E-state index is 12.4. The van der Waals surface area contributed by atoms with Gasteiger partial charge in [0.2, 0.25) is 11.8 Å². The fourth-order valence-electron chi connectivity index (χ4n) is 2.85. The van der Waals surface area contributed by atoms with Crippen LogP contribution in [-0.4, -0.2) is 42.4 Å². The first-order valence-corrected chi connectivity index (χ1v) is 7.83. The molecule has 2 aromatic rings. The predicted molar refractivity (Wildman–Crippen MR) is 91.8 cm³/mol. The molecule has 1 atom stereocenters. The maximum absolute atomic E-state index is 12.4. The van der Waals surface area contributed by atoms with Crippen LogP contribution < -0.4 is 19.7 Å². The summed E-state index contributed by atoms with van der Waals surface area (Å²) in [6.45, 7) is 0.286. The highest BCUT2D eigenvalue weighted by Gasteiger charge is 2.36. The Hall–Kier alpha value is -3.03. The van der Waals surface area contributed by atoms with Crippen LogP contribution in [0.15, 0.2) is 30.6 Å². The summed E-state index contributed by atoms with van der Waals surface area (Å²) in [5.41, 5.74) is 1.21. The van der Waals surface area contributed by atoms with Crippen molar-refractivity contribution in [3.63, 3.8) is 0 Å². The molecule has 3 rings (SSSR count). The van der Waals surface area contributed by atoms with Crippen LogP contribution in [0.3, 0.4) is 0 Å². The highest BCUT2D eigenvalue weighted by molar-refractivity contribution is 6.04. The van der Waals surface area contributed by atoms with Crippen LogP contribution in [0.1, 0.15) is 6.42 Å². The van der Waals surface area contributed by atoms with Gasteiger partial charge in [0.1, 0.15) is 11.5 Å². The Labute approximate surface area is 145 Å². The van der Waals surface area contributed by atoms with Gasteiger partial charge in [0.05, 0.1) is 37.7 Å². The van der Waals surface area contributed by atoms with Gasteiger partial charge in [-0.2, -0.15) is 5.10 Å². The molecule has 8 heteroatoms. The standard InChI is InChI=1S/C17H20N4O4/c1-20-10-12(8-18-20)19-17(23)11-6-16(22)21(9-11)14-7-13(24-2)4-5-15(14)25-3/h4-5,7-8,10-11H,6,9H2,1-3H3,(H,19,23)/t11-/m1/s1. The number of rotatable bonds is 5. The molecule has 2 heterocycles. The van der Waals surface area contributed by atoms with Gasteiger partial charge in [0.15, 0.2) is 0 Å². The maximum Gasteiger partial charge on any atom is 0.229 e. The number of carbonyl (C=O) groups is 2. The smallest absolute Gasteiger partial charge is 0.229 e. The zero-order chi connectivity index (χ0) is 18.0. The van der Waals surface area contributed by atoms with E-state index in [4.69, 9.17) is 9.47 Å². The Morgan fingerprint density at radius 3 is 2.76 bits per heavy atom. The van der Waals surface area contributed by atoms with Gasteiger partial charge < -0.3 is 19.7 Å². The third-order valence-corrected chi connectivity index (χ3v) is 4.15. The van der Waals surface area contributed by atoms with Crippen LogP contribution >= 0.6 is 0 Å². The number of anilines is 2. The highest BCUT2D eigenvalue weighted by Crippen LogP contribution is 2.36. The van der Waals surface area contributed by atoms with Gasteiger partial charge >= 0.3 is 0 Å². The van der Waals surface area contributed by atoms with Gasteiger partial charge in [-0.3, -0.25) is 14.3 Å². The molecular weight excluding hydrogens is 324 g/mol. The highest BCUT2D eigenvalue weighted by atomic mass is 16.5. The summed E-state index contributed by atoms with van der Waals surface area (Å²) < 4.78 is 12.2. The molecule has 1 saturated heterocycles. The third-order valence-electron chi connectivity index (χ3n) is 4.15. The second-order valence-corrected chi connectivity index (χ2v) is 5.84. The number of nitrogens with one attached hydrogen (secondary N) is 1. The van der Waals surface area contributed by atoms with Crippen molar-refractivity contribution >= 4 is 23.2 Å². The van der Waals surface area contributed by atoms with Gasteiger partial charge in [0.25, 0.3) is 0 Å². The first-order chi connectivity index (χ1) is 12.0. The van der Waals surface area contributed by atoms with E-state index < -0.39 is 5.92 Å². The van der Waals surface area contributed by atoms with E-state index in [2.05, 4.69) is 10.4 Å². The molecular formula is C17H20N4O4. The van der Waals surface area contributed by atoms with Crippen molar-refractivity contribution in [3.8, 4) is 11.5 Å². The van der Waals surface area contributed by atoms with Crippen LogP contribution in [-0.2, 0) is 16.6 Å². The van der Waals surface area contributed by atoms with Crippen molar-refractivity contribution in [2.45, 2.75) is 6.42 Å². The summed E-state index contributed by atoms with van der Waals surface area (Å²) in [5.74, 6) is 0.404. The summed E-state index contributed by atoms with van der Waals surface area (Å²) in [5, 5.41) is 6.80. The number of methoxy groups -OCH3 is 2. The van der Waals surface area contributed by atoms with Gasteiger partial charge in [-0.25, -0.2) is 0 Å². The Bertz CT molecular complexity index is 802. The molecule has 1 N–H and O–H groups in total. The Kier molecular flexibility index (Phi) is 4.60. The van der Waals surface area contributed by atoms with Crippen molar-refractivity contribution in [2.24, 2.45) is 13.0 Å². The topological polar surface area (TPSA) is 85.7 Å². The molecule has 0 aliphatic carbocycles. The van der Waals surface area contributed by atoms with E-state index in [0.29, 0.717) is 22.9 Å². The van der Waals surface area contributed by atoms with Crippen molar-refractivity contribution in [3.05, 3.63) is 30.6 Å². The molecule has 0 bridgehead atoms. The third kappa shape index (κ3) is 3.42. The summed E-state index contributed by atoms with van der Waals surface area (Å²) in [6, 6.07) is 5.23. The first-order valence-electron chi connectivity index (χ1n) is 7.83. The lowest BCUT2D eigenvalue weighted by Gasteiger charge is -2.20. The second kappa shape index (κ2) is 6.84. The van der Waals surface area contributed by atoms with Crippen LogP contribution in [0.2, 0.25) is 0 Å². The monoisotopic (exact) mass is 344 g/mol. The van der Waals surface area contributed by atoms with Crippen LogP contribution in [0.5, 0.6) is 11.5 Å². The van der Waals surface area contributed by atoms with Crippen LogP contribution in [0.4, 0.5) is 11.4 Å². The molecule has 2 amide bonds. The van der Waals surface area contributed by atoms with Gasteiger partial charge in [-0.05, 0) is 12.1 Å². The Morgan fingerprint density at radius 1 is 1.32 bits per heavy atom. The fraction of sp³-hybridized carbons (Fsp3) is 0.353. The SMILES string of the molecule is COc1ccc(OC)c(N2C[C@H](C(=O)Nc3cnn(C)c3)CC2=O)c1. The fourth-order valence-corrected chi connectivity index (χ4v) is 2.85. The lowest BCUT2D eigenvalue weighted by atomic mass is 10.1. The van der Waals surface area contributed by atoms with E-state index >= 15 is 0 Å². The van der Waals surface area contributed by atoms with E-state index in [-0.39, 0.29) is 24.8 Å². The molecule has 1 aromatic heterocycles. The molecule has 1 aliphatic heterocycles. The van der Waals surface area contributed by atoms with Crippen molar-refractivity contribution < 1.29 is 19.1 Å². The molecule has 0 spiro atoms. The number of carbonyl (C=O) groups excluding carboxylic acids is 2. The Morgan fingerprint density at radius 2 is 2.12 bits per heavy atom. The first kappa shape index (κ1) is 16.8.